The molecule has 72 heavy (non-hydrogen) atoms. The summed E-state index contributed by atoms with van der Waals surface area (Å²) in [6, 6.07) is 10.2. The van der Waals surface area contributed by atoms with Gasteiger partial charge in [0.05, 0.1) is 50.0 Å². The van der Waals surface area contributed by atoms with Gasteiger partial charge in [0.25, 0.3) is 11.5 Å². The quantitative estimate of drug-likeness (QED) is 0.0352. The van der Waals surface area contributed by atoms with E-state index in [9.17, 15) is 51.9 Å². The van der Waals surface area contributed by atoms with Crippen LogP contribution < -0.4 is 33.0 Å². The zero-order valence-electron chi connectivity index (χ0n) is 38.4. The number of Topliss-reactive ketones (excluding diaryl/α,β-unsaturated/α-hetero) is 2. The van der Waals surface area contributed by atoms with Crippen LogP contribution in [0.4, 0.5) is 21.2 Å². The molecule has 28 heteroatoms. The number of carbonyl (C=O) groups is 7. The van der Waals surface area contributed by atoms with Crippen LogP contribution >= 0.6 is 21.6 Å². The number of ketones is 2. The van der Waals surface area contributed by atoms with Crippen molar-refractivity contribution >= 4 is 96.6 Å². The molecule has 1 fully saturated rings. The number of aromatic nitrogens is 4. The van der Waals surface area contributed by atoms with E-state index in [4.69, 9.17) is 25.7 Å². The number of rotatable bonds is 20. The number of carboxylic acids is 1. The van der Waals surface area contributed by atoms with Crippen LogP contribution in [0.3, 0.4) is 0 Å². The van der Waals surface area contributed by atoms with Gasteiger partial charge in [-0.25, -0.2) is 32.8 Å². The maximum atomic E-state index is 13.5. The number of methoxy groups -OCH3 is 1. The highest BCUT2D eigenvalue weighted by Crippen LogP contribution is 2.46. The largest absolute Gasteiger partial charge is 0.492 e. The fourth-order valence-electron chi connectivity index (χ4n) is 8.24. The lowest BCUT2D eigenvalue weighted by Crippen LogP contribution is -2.43. The number of H-pyrrole nitrogens is 1. The molecule has 4 amide bonds. The second-order valence-electron chi connectivity index (χ2n) is 16.4. The van der Waals surface area contributed by atoms with E-state index in [-0.39, 0.29) is 83.9 Å². The van der Waals surface area contributed by atoms with Gasteiger partial charge in [0.2, 0.25) is 23.4 Å². The number of nitrogens with one attached hydrogen (secondary N) is 4. The molecule has 4 aromatic rings. The van der Waals surface area contributed by atoms with Gasteiger partial charge in [-0.1, -0.05) is 33.7 Å². The molecule has 0 bridgehead atoms. The number of hydrogen-bond donors (Lipinski definition) is 8. The van der Waals surface area contributed by atoms with Crippen LogP contribution in [0.25, 0.3) is 11.2 Å². The summed E-state index contributed by atoms with van der Waals surface area (Å²) in [7, 11) is 0.500. The summed E-state index contributed by atoms with van der Waals surface area (Å²) in [6.45, 7) is 2.85. The summed E-state index contributed by atoms with van der Waals surface area (Å²) < 4.78 is 40.1. The van der Waals surface area contributed by atoms with Gasteiger partial charge < -0.3 is 51.6 Å². The third-order valence-electron chi connectivity index (χ3n) is 11.8. The molecule has 2 aromatic heterocycles. The summed E-state index contributed by atoms with van der Waals surface area (Å²) in [6.07, 6.45) is -1.08. The van der Waals surface area contributed by atoms with Crippen LogP contribution in [0.15, 0.2) is 87.0 Å². The van der Waals surface area contributed by atoms with Gasteiger partial charge in [-0.3, -0.25) is 33.9 Å². The molecule has 1 aliphatic carbocycles. The van der Waals surface area contributed by atoms with Crippen molar-refractivity contribution in [2.24, 2.45) is 11.7 Å². The minimum atomic E-state index is -3.14. The normalized spacial score (nSPS) is 18.1. The van der Waals surface area contributed by atoms with E-state index >= 15 is 0 Å². The molecule has 0 spiro atoms. The smallest absolute Gasteiger partial charge is 0.411 e. The van der Waals surface area contributed by atoms with Crippen molar-refractivity contribution in [2.45, 2.75) is 68.2 Å². The number of aromatic amines is 1. The van der Waals surface area contributed by atoms with Gasteiger partial charge >= 0.3 is 18.2 Å². The van der Waals surface area contributed by atoms with Crippen LogP contribution in [0, 0.1) is 5.92 Å². The molecular weight excluding hydrogens is 1000 g/mol. The summed E-state index contributed by atoms with van der Waals surface area (Å²) in [5.41, 5.74) is 12.4. The zero-order chi connectivity index (χ0) is 52.0. The molecule has 2 aliphatic heterocycles. The number of carboxylic acid groups (broad SMARTS) is 1. The second-order valence-corrected chi connectivity index (χ2v) is 20.0. The third-order valence-corrected chi connectivity index (χ3v) is 15.2. The second kappa shape index (κ2) is 22.6. The average Bonchev–Trinajstić information content (AvgIpc) is 3.86. The van der Waals surface area contributed by atoms with E-state index in [1.54, 1.807) is 48.2 Å². The van der Waals surface area contributed by atoms with E-state index in [1.165, 1.54) is 48.1 Å². The maximum absolute atomic E-state index is 13.5. The number of benzene rings is 2. The van der Waals surface area contributed by atoms with E-state index in [0.29, 0.717) is 21.8 Å². The molecular formula is C44H47N11O14S3. The van der Waals surface area contributed by atoms with Crippen molar-refractivity contribution in [3.05, 3.63) is 105 Å². The first-order valence-electron chi connectivity index (χ1n) is 21.8. The van der Waals surface area contributed by atoms with Gasteiger partial charge in [-0.2, -0.15) is 4.98 Å². The number of primary amides is 1. The molecule has 3 aliphatic rings. The Morgan fingerprint density at radius 3 is 2.39 bits per heavy atom. The number of nitrogen functional groups attached to an aromatic ring is 1. The van der Waals surface area contributed by atoms with Crippen LogP contribution in [0.5, 0.6) is 0 Å². The van der Waals surface area contributed by atoms with Gasteiger partial charge in [0.15, 0.2) is 27.6 Å². The Balaban J connectivity index is 0.840. The number of allylic oxidation sites excluding steroid dienone is 2. The van der Waals surface area contributed by atoms with Crippen molar-refractivity contribution in [3.63, 3.8) is 0 Å². The lowest BCUT2D eigenvalue weighted by atomic mass is 9.84. The molecule has 9 N–H and O–H groups in total. The highest BCUT2D eigenvalue weighted by molar-refractivity contribution is 8.76. The van der Waals surface area contributed by atoms with Gasteiger partial charge in [-0.05, 0) is 62.2 Å². The minimum absolute atomic E-state index is 0.0125. The SMILES string of the molecule is COC1=C(C)C(=O)C2=C(C1=O)[C@@H](COC(N)=O)C1[C@H](C)N(C(=O)OCc3ccc(SSC[C@H](NC(=O)CC[C@H](NC(=O)c4ccc(NCc5cnc6nc(N)[nH]c(=O)c6n5)cc4)C(=O)O)[SH](=O)=O)cc3)CN21. The monoisotopic (exact) mass is 1050 g/mol. The molecule has 4 heterocycles. The summed E-state index contributed by atoms with van der Waals surface area (Å²) >= 11 is 0. The lowest BCUT2D eigenvalue weighted by molar-refractivity contribution is -0.139. The predicted molar refractivity (Wildman–Crippen MR) is 259 cm³/mol. The van der Waals surface area contributed by atoms with Crippen molar-refractivity contribution in [1.29, 1.82) is 0 Å². The fourth-order valence-corrected chi connectivity index (χ4v) is 11.5. The van der Waals surface area contributed by atoms with Crippen LogP contribution in [0.2, 0.25) is 0 Å². The van der Waals surface area contributed by atoms with Gasteiger partial charge in [0, 0.05) is 45.4 Å². The molecule has 1 unspecified atom stereocenters. The number of nitrogens with zero attached hydrogens (tertiary/aromatic N) is 5. The number of thiol groups is 1. The van der Waals surface area contributed by atoms with Crippen LogP contribution in [-0.4, -0.2) is 134 Å². The zero-order valence-corrected chi connectivity index (χ0v) is 41.0. The van der Waals surface area contributed by atoms with E-state index in [0.717, 1.165) is 10.8 Å². The molecule has 25 nitrogen and oxygen atoms in total. The summed E-state index contributed by atoms with van der Waals surface area (Å²) in [5.74, 6) is -4.88. The van der Waals surface area contributed by atoms with Crippen molar-refractivity contribution in [1.82, 2.24) is 40.4 Å². The molecule has 0 saturated carbocycles. The van der Waals surface area contributed by atoms with Crippen molar-refractivity contribution in [3.8, 4) is 0 Å². The molecule has 5 atom stereocenters. The van der Waals surface area contributed by atoms with Crippen molar-refractivity contribution < 1.29 is 61.3 Å². The molecule has 7 rings (SSSR count). The number of aliphatic carboxylic acids is 1. The van der Waals surface area contributed by atoms with Crippen LogP contribution in [0.1, 0.15) is 48.3 Å². The highest BCUT2D eigenvalue weighted by Gasteiger charge is 2.57. The minimum Gasteiger partial charge on any atom is -0.492 e. The topological polar surface area (TPSA) is 368 Å². The maximum Gasteiger partial charge on any atom is 0.411 e. The summed E-state index contributed by atoms with van der Waals surface area (Å²) in [5, 5.41) is 16.4. The first kappa shape index (κ1) is 52.1. The number of amides is 4. The number of carbonyl (C=O) groups excluding carboxylic acids is 6. The Morgan fingerprint density at radius 1 is 1.00 bits per heavy atom. The lowest BCUT2D eigenvalue weighted by Gasteiger charge is -2.27. The van der Waals surface area contributed by atoms with E-state index in [1.807, 2.05) is 0 Å². The first-order valence-corrected chi connectivity index (χ1v) is 25.3. The Hall–Kier alpha value is -7.72. The average molecular weight is 1050 g/mol. The Labute approximate surface area is 418 Å². The van der Waals surface area contributed by atoms with Crippen molar-refractivity contribution in [2.75, 3.05) is 37.2 Å². The van der Waals surface area contributed by atoms with Gasteiger partial charge in [-0.15, -0.1) is 0 Å². The summed E-state index contributed by atoms with van der Waals surface area (Å²) in [4.78, 5) is 120. The molecule has 1 saturated heterocycles. The molecule has 2 aromatic carbocycles. The standard InChI is InChI=1S/C44H47N11O14S3/c1-20-35(57)34-31(36(58)37(20)67-3)27(17-68-43(46)63)33-21(2)54(19-55(33)34)44(64)69-16-22-4-10-26(11-5-22)71-70-18-30(72(65)66)51-29(56)13-12-28(41(61)62)50-39(59)23-6-8-24(9-7-23)47-14-25-15-48-38-32(49-25)40(60)53-42(45)52-38/h4-11,15,21,27-28,30,33,47,72H,12-14,16-19H2,1-3H3,(H2,46,63)(H,50,59)(H,51,56)(H,61,62)(H3,45,48,52,53,60)/t21-,27+,28-,30+,33?/m0/s1. The molecule has 0 radical (unpaired) electrons. The number of anilines is 2. The van der Waals surface area contributed by atoms with Gasteiger partial charge in [0.1, 0.15) is 24.6 Å². The van der Waals surface area contributed by atoms with E-state index in [2.05, 4.69) is 35.9 Å². The number of ether oxygens (including phenoxy) is 3. The Morgan fingerprint density at radius 2 is 1.72 bits per heavy atom. The number of nitrogens with two attached hydrogens (primary N) is 2. The molecule has 380 valence electrons. The van der Waals surface area contributed by atoms with E-state index < -0.39 is 93.6 Å². The Kier molecular flexibility index (Phi) is 16.3. The number of fused-ring (bicyclic) bond motifs is 3. The number of hydrogen-bond acceptors (Lipinski definition) is 21. The third kappa shape index (κ3) is 11.7. The van der Waals surface area contributed by atoms with Crippen LogP contribution in [-0.2, 0) is 57.2 Å². The first-order chi connectivity index (χ1) is 34.3. The fraction of sp³-hybridized carbons (Fsp3) is 0.341. The predicted octanol–water partition coefficient (Wildman–Crippen LogP) is 1.39. The highest BCUT2D eigenvalue weighted by atomic mass is 33.1. The Bertz CT molecular complexity index is 3030.